The zero-order valence-electron chi connectivity index (χ0n) is 16.0. The number of amides is 1. The number of pyridine rings is 1. The molecule has 1 aliphatic heterocycles. The maximum Gasteiger partial charge on any atom is 0.573 e. The number of likely N-dealkylation sites (tertiary alicyclic amines) is 1. The van der Waals surface area contributed by atoms with Crippen molar-refractivity contribution in [3.63, 3.8) is 0 Å². The second-order valence-corrected chi connectivity index (χ2v) is 7.64. The molecular weight excluding hydrogens is 363 g/mol. The van der Waals surface area contributed by atoms with Crippen molar-refractivity contribution in [1.29, 1.82) is 0 Å². The van der Waals surface area contributed by atoms with E-state index in [0.29, 0.717) is 5.92 Å². The number of carbonyl (C=O) groups excluding carboxylic acids is 1. The fourth-order valence-corrected chi connectivity index (χ4v) is 2.93. The quantitative estimate of drug-likeness (QED) is 0.811. The average molecular weight is 389 g/mol. The molecule has 152 valence electrons. The van der Waals surface area contributed by atoms with Gasteiger partial charge in [0.2, 0.25) is 5.91 Å². The minimum Gasteiger partial charge on any atom is -0.474 e. The van der Waals surface area contributed by atoms with Gasteiger partial charge in [0, 0.05) is 18.8 Å². The Kier molecular flexibility index (Phi) is 6.56. The molecule has 9 heteroatoms. The molecule has 6 nitrogen and oxygen atoms in total. The Bertz CT molecular complexity index is 652. The lowest BCUT2D eigenvalue weighted by Gasteiger charge is -2.37. The summed E-state index contributed by atoms with van der Waals surface area (Å²) < 4.78 is 46.7. The number of nitrogens with zero attached hydrogens (tertiary/aromatic N) is 2. The summed E-state index contributed by atoms with van der Waals surface area (Å²) in [6.45, 7) is 7.10. The van der Waals surface area contributed by atoms with Crippen molar-refractivity contribution in [3.05, 3.63) is 18.3 Å². The number of alkyl halides is 3. The summed E-state index contributed by atoms with van der Waals surface area (Å²) in [5, 5.41) is 3.04. The molecule has 2 heterocycles. The maximum absolute atomic E-state index is 12.7. The molecule has 1 amide bonds. The van der Waals surface area contributed by atoms with E-state index in [1.54, 1.807) is 13.8 Å². The fourth-order valence-electron chi connectivity index (χ4n) is 2.93. The van der Waals surface area contributed by atoms with E-state index in [-0.39, 0.29) is 24.4 Å². The predicted molar refractivity (Wildman–Crippen MR) is 93.4 cm³/mol. The third-order valence-corrected chi connectivity index (χ3v) is 4.57. The van der Waals surface area contributed by atoms with Crippen LogP contribution in [0.2, 0.25) is 0 Å². The van der Waals surface area contributed by atoms with Gasteiger partial charge in [0.15, 0.2) is 5.75 Å². The van der Waals surface area contributed by atoms with Crippen LogP contribution in [-0.2, 0) is 4.79 Å². The van der Waals surface area contributed by atoms with Crippen molar-refractivity contribution < 1.29 is 27.4 Å². The lowest BCUT2D eigenvalue weighted by molar-refractivity contribution is -0.275. The largest absolute Gasteiger partial charge is 0.573 e. The molecule has 2 atom stereocenters. The van der Waals surface area contributed by atoms with Crippen molar-refractivity contribution >= 4 is 5.91 Å². The number of hydrogen-bond donors (Lipinski definition) is 1. The third kappa shape index (κ3) is 6.27. The monoisotopic (exact) mass is 389 g/mol. The number of rotatable bonds is 6. The highest BCUT2D eigenvalue weighted by atomic mass is 19.4. The number of ether oxygens (including phenoxy) is 2. The summed E-state index contributed by atoms with van der Waals surface area (Å²) in [5.41, 5.74) is -0.948. The SMILES string of the molecule is C[C@H]1CN(C)CC[C@H]1NC(=O)C(C)(C)COc1ncccc1OC(F)(F)F. The van der Waals surface area contributed by atoms with E-state index in [1.807, 2.05) is 7.05 Å². The van der Waals surface area contributed by atoms with Crippen LogP contribution >= 0.6 is 0 Å². The Morgan fingerprint density at radius 3 is 2.74 bits per heavy atom. The normalized spacial score (nSPS) is 21.6. The summed E-state index contributed by atoms with van der Waals surface area (Å²) in [6.07, 6.45) is -2.70. The van der Waals surface area contributed by atoms with Crippen LogP contribution in [0.1, 0.15) is 27.2 Å². The molecular formula is C18H26F3N3O3. The van der Waals surface area contributed by atoms with Gasteiger partial charge in [-0.15, -0.1) is 13.2 Å². The van der Waals surface area contributed by atoms with Crippen LogP contribution in [0.5, 0.6) is 11.6 Å². The number of aromatic nitrogens is 1. The number of hydrogen-bond acceptors (Lipinski definition) is 5. The van der Waals surface area contributed by atoms with Gasteiger partial charge in [-0.25, -0.2) is 4.98 Å². The summed E-state index contributed by atoms with van der Waals surface area (Å²) in [5.74, 6) is -0.737. The van der Waals surface area contributed by atoms with Crippen molar-refractivity contribution in [2.75, 3.05) is 26.7 Å². The molecule has 0 aromatic carbocycles. The van der Waals surface area contributed by atoms with Crippen molar-refractivity contribution in [3.8, 4) is 11.6 Å². The fraction of sp³-hybridized carbons (Fsp3) is 0.667. The molecule has 0 radical (unpaired) electrons. The molecule has 0 unspecified atom stereocenters. The number of halogens is 3. The second kappa shape index (κ2) is 8.33. The number of piperidine rings is 1. The molecule has 1 aromatic heterocycles. The Hall–Kier alpha value is -2.03. The molecule has 1 saturated heterocycles. The van der Waals surface area contributed by atoms with E-state index in [1.165, 1.54) is 12.3 Å². The van der Waals surface area contributed by atoms with Crippen LogP contribution < -0.4 is 14.8 Å². The molecule has 0 saturated carbocycles. The Morgan fingerprint density at radius 2 is 2.11 bits per heavy atom. The minimum absolute atomic E-state index is 0.0620. The first-order valence-electron chi connectivity index (χ1n) is 8.81. The first-order valence-corrected chi connectivity index (χ1v) is 8.81. The predicted octanol–water partition coefficient (Wildman–Crippen LogP) is 2.84. The topological polar surface area (TPSA) is 63.7 Å². The van der Waals surface area contributed by atoms with Gasteiger partial charge in [0.25, 0.3) is 5.88 Å². The smallest absolute Gasteiger partial charge is 0.474 e. The molecule has 2 rings (SSSR count). The van der Waals surface area contributed by atoms with E-state index in [0.717, 1.165) is 25.6 Å². The molecule has 0 aliphatic carbocycles. The maximum atomic E-state index is 12.7. The summed E-state index contributed by atoms with van der Waals surface area (Å²) in [6, 6.07) is 2.49. The molecule has 0 bridgehead atoms. The molecule has 1 aliphatic rings. The van der Waals surface area contributed by atoms with Gasteiger partial charge >= 0.3 is 6.36 Å². The summed E-state index contributed by atoms with van der Waals surface area (Å²) in [4.78, 5) is 18.6. The first kappa shape index (κ1) is 21.3. The van der Waals surface area contributed by atoms with Crippen LogP contribution in [0.3, 0.4) is 0 Å². The van der Waals surface area contributed by atoms with Gasteiger partial charge < -0.3 is 19.7 Å². The van der Waals surface area contributed by atoms with Crippen LogP contribution in [0.4, 0.5) is 13.2 Å². The molecule has 27 heavy (non-hydrogen) atoms. The lowest BCUT2D eigenvalue weighted by Crippen LogP contribution is -2.52. The first-order chi connectivity index (χ1) is 12.5. The standard InChI is InChI=1S/C18H26F3N3O3/c1-12-10-24(4)9-7-13(12)23-16(25)17(2,3)11-26-15-14(6-5-8-22-15)27-18(19,20)21/h5-6,8,12-13H,7,9-11H2,1-4H3,(H,23,25)/t12-,13+/m0/s1. The highest BCUT2D eigenvalue weighted by Gasteiger charge is 2.35. The number of carbonyl (C=O) groups is 1. The Morgan fingerprint density at radius 1 is 1.41 bits per heavy atom. The Balaban J connectivity index is 1.97. The molecule has 1 N–H and O–H groups in total. The van der Waals surface area contributed by atoms with Crippen LogP contribution in [0.25, 0.3) is 0 Å². The van der Waals surface area contributed by atoms with E-state index < -0.39 is 17.5 Å². The summed E-state index contributed by atoms with van der Waals surface area (Å²) in [7, 11) is 2.04. The Labute approximate surface area is 157 Å². The van der Waals surface area contributed by atoms with Crippen molar-refractivity contribution in [2.45, 2.75) is 39.6 Å². The van der Waals surface area contributed by atoms with Crippen LogP contribution in [0.15, 0.2) is 18.3 Å². The van der Waals surface area contributed by atoms with Gasteiger partial charge in [0.1, 0.15) is 6.61 Å². The van der Waals surface area contributed by atoms with E-state index in [9.17, 15) is 18.0 Å². The van der Waals surface area contributed by atoms with Gasteiger partial charge in [-0.2, -0.15) is 0 Å². The third-order valence-electron chi connectivity index (χ3n) is 4.57. The molecule has 1 fully saturated rings. The van der Waals surface area contributed by atoms with Gasteiger partial charge in [0.05, 0.1) is 5.41 Å². The van der Waals surface area contributed by atoms with E-state index >= 15 is 0 Å². The van der Waals surface area contributed by atoms with Crippen LogP contribution in [0, 0.1) is 11.3 Å². The van der Waals surface area contributed by atoms with Gasteiger partial charge in [-0.3, -0.25) is 4.79 Å². The average Bonchev–Trinajstić information content (AvgIpc) is 2.55. The van der Waals surface area contributed by atoms with Crippen molar-refractivity contribution in [1.82, 2.24) is 15.2 Å². The van der Waals surface area contributed by atoms with E-state index in [2.05, 4.69) is 26.9 Å². The second-order valence-electron chi connectivity index (χ2n) is 7.64. The zero-order chi connectivity index (χ0) is 20.2. The molecule has 1 aromatic rings. The van der Waals surface area contributed by atoms with Crippen molar-refractivity contribution in [2.24, 2.45) is 11.3 Å². The highest BCUT2D eigenvalue weighted by molar-refractivity contribution is 5.82. The lowest BCUT2D eigenvalue weighted by atomic mass is 9.89. The van der Waals surface area contributed by atoms with E-state index in [4.69, 9.17) is 4.74 Å². The number of nitrogens with one attached hydrogen (secondary N) is 1. The minimum atomic E-state index is -4.85. The zero-order valence-corrected chi connectivity index (χ0v) is 16.0. The summed E-state index contributed by atoms with van der Waals surface area (Å²) >= 11 is 0. The highest BCUT2D eigenvalue weighted by Crippen LogP contribution is 2.31. The van der Waals surface area contributed by atoms with Crippen LogP contribution in [-0.4, -0.2) is 54.9 Å². The van der Waals surface area contributed by atoms with Gasteiger partial charge in [-0.05, 0) is 51.9 Å². The van der Waals surface area contributed by atoms with Gasteiger partial charge in [-0.1, -0.05) is 6.92 Å². The molecule has 0 spiro atoms.